The minimum Gasteiger partial charge on any atom is -0.537 e. The van der Waals surface area contributed by atoms with Gasteiger partial charge in [0.05, 0.1) is 57.9 Å². The van der Waals surface area contributed by atoms with E-state index in [-0.39, 0.29) is 56.1 Å². The first-order valence-electron chi connectivity index (χ1n) is 44.9. The van der Waals surface area contributed by atoms with E-state index >= 15 is 8.78 Å². The van der Waals surface area contributed by atoms with Crippen LogP contribution in [-0.2, 0) is 62.0 Å². The number of fused-ring (bicyclic) bond motifs is 7. The van der Waals surface area contributed by atoms with Gasteiger partial charge in [-0.15, -0.1) is 0 Å². The van der Waals surface area contributed by atoms with Gasteiger partial charge in [0.1, 0.15) is 95.3 Å². The van der Waals surface area contributed by atoms with E-state index in [1.54, 1.807) is 116 Å². The van der Waals surface area contributed by atoms with Gasteiger partial charge in [-0.2, -0.15) is 8.78 Å². The van der Waals surface area contributed by atoms with Crippen molar-refractivity contribution in [2.75, 3.05) is 0 Å². The summed E-state index contributed by atoms with van der Waals surface area (Å²) in [5, 5.41) is 19.1. The van der Waals surface area contributed by atoms with Gasteiger partial charge in [0.25, 0.3) is 12.3 Å². The average molecular weight is 2020 g/mol. The lowest BCUT2D eigenvalue weighted by Gasteiger charge is -2.23. The van der Waals surface area contributed by atoms with E-state index in [0.717, 1.165) is 113 Å². The van der Waals surface area contributed by atoms with Crippen molar-refractivity contribution in [1.82, 2.24) is 69.7 Å². The van der Waals surface area contributed by atoms with Crippen LogP contribution in [0.25, 0.3) is 76.5 Å². The zero-order valence-electron chi connectivity index (χ0n) is 77.5. The van der Waals surface area contributed by atoms with Gasteiger partial charge >= 0.3 is 19.6 Å². The van der Waals surface area contributed by atoms with E-state index in [9.17, 15) is 58.3 Å². The number of hydrogen-bond donors (Lipinski definition) is 3. The van der Waals surface area contributed by atoms with Gasteiger partial charge in [-0.3, -0.25) is 34.3 Å². The van der Waals surface area contributed by atoms with Crippen molar-refractivity contribution >= 4 is 84.6 Å². The predicted octanol–water partition coefficient (Wildman–Crippen LogP) is 23.0. The summed E-state index contributed by atoms with van der Waals surface area (Å²) in [6.07, 6.45) is 24.5. The summed E-state index contributed by atoms with van der Waals surface area (Å²) in [6.45, 7) is 10.1. The number of benzene rings is 8. The molecule has 9 aromatic heterocycles. The third-order valence-electron chi connectivity index (χ3n) is 23.2. The molecule has 22 nitrogen and oxygen atoms in total. The zero-order chi connectivity index (χ0) is 102. The number of amides is 1. The van der Waals surface area contributed by atoms with Crippen LogP contribution in [-0.4, -0.2) is 106 Å². The number of carbonyl (C=O) groups excluding carboxylic acids is 3. The molecule has 9 heterocycles. The summed E-state index contributed by atoms with van der Waals surface area (Å²) < 4.78 is 185. The fourth-order valence-corrected chi connectivity index (χ4v) is 17.8. The van der Waals surface area contributed by atoms with E-state index in [1.165, 1.54) is 67.9 Å². The number of rotatable bonds is 25. The van der Waals surface area contributed by atoms with Gasteiger partial charge in [0.2, 0.25) is 5.91 Å². The number of hydrogen-bond acceptors (Lipinski definition) is 20. The van der Waals surface area contributed by atoms with Crippen LogP contribution in [0.4, 0.5) is 52.7 Å². The van der Waals surface area contributed by atoms with Gasteiger partial charge in [0.15, 0.2) is 0 Å². The standard InChI is InChI=1S/C32H23F6N5O.C27H25F2N3O2.C21H16F2N4.C18H19BrF2N2O2.C9H7BNO2/c33-20-5-16(6-21(34)9-20)7-26(29-23(12-40-15-41-29)18-1-2-19-11-39-4-3-17(19)8-18)42-27(44)14-43-13-24(31(35)36)28-22-10-25(22)32(37,38)30(28)43;1-27(2,3)34-25(33)12-21(8-17-9-22(28)13-23(29)10-17)26-24(15-31-16-32-26)19-4-5-20-14-30-7-6-18(20)11-19;22-17-5-13(6-18(23)9-17)7-20(24)21-19(11-26-12-27-21)15-1-2-16-10-25-4-3-14(16)8-15;1-18(2,3)25-16(24)7-12(17-15(19)9-22-10-23-17)4-11-5-13(20)8-14(21)6-11;12-10-13-9-2-1-8-6-11-4-3-7(8)5-9/h1-6,8-9,11-13,15,22,25-26,31H,7,10,14H2,(H,42,44);4-7,9-11,13-16,21H,8,12H2,1-3H3;1-6,8-12,20H,7,24H2;5-6,8-10,12H,4,7H2,1-3H3;1-6,12H/t22?,25?,26-;21-;20-;12-;/m0101./s1. The van der Waals surface area contributed by atoms with Crippen molar-refractivity contribution < 1.29 is 86.2 Å². The Hall–Kier alpha value is -15.2. The van der Waals surface area contributed by atoms with Crippen LogP contribution >= 0.6 is 15.9 Å². The molecule has 2 aliphatic carbocycles. The number of nitrogens with zero attached hydrogens (tertiary/aromatic N) is 13. The topological polar surface area (TPSA) is 297 Å². The first-order chi connectivity index (χ1) is 68.4. The maximum absolute atomic E-state index is 15.1. The summed E-state index contributed by atoms with van der Waals surface area (Å²) >= 11 is 3.37. The maximum atomic E-state index is 15.1. The second-order valence-electron chi connectivity index (χ2n) is 36.1. The molecule has 0 saturated heterocycles. The van der Waals surface area contributed by atoms with Crippen LogP contribution in [0, 0.1) is 52.5 Å². The number of nitrogens with two attached hydrogens (primary N) is 1. The van der Waals surface area contributed by atoms with Crippen LogP contribution in [0.1, 0.15) is 159 Å². The Morgan fingerprint density at radius 1 is 0.462 bits per heavy atom. The lowest BCUT2D eigenvalue weighted by Crippen LogP contribution is -2.34. The molecule has 729 valence electrons. The number of alkyl halides is 4. The number of nitrogens with one attached hydrogen (secondary N) is 1. The third kappa shape index (κ3) is 26.7. The molecule has 143 heavy (non-hydrogen) atoms. The van der Waals surface area contributed by atoms with E-state index in [0.29, 0.717) is 68.5 Å². The second kappa shape index (κ2) is 45.2. The quantitative estimate of drug-likeness (QED) is 0.0272. The normalized spacial score (nSPS) is 14.2. The second-order valence-corrected chi connectivity index (χ2v) is 37.0. The Morgan fingerprint density at radius 2 is 0.832 bits per heavy atom. The van der Waals surface area contributed by atoms with Gasteiger partial charge in [-0.1, -0.05) is 36.4 Å². The lowest BCUT2D eigenvalue weighted by atomic mass is 9.88. The Kier molecular flexibility index (Phi) is 32.3. The van der Waals surface area contributed by atoms with Gasteiger partial charge in [0, 0.05) is 166 Å². The molecule has 4 N–H and O–H groups in total. The molecule has 0 aliphatic heterocycles. The Morgan fingerprint density at radius 3 is 1.25 bits per heavy atom. The summed E-state index contributed by atoms with van der Waals surface area (Å²) in [6, 6.07) is 42.0. The van der Waals surface area contributed by atoms with Crippen LogP contribution in [0.15, 0.2) is 280 Å². The van der Waals surface area contributed by atoms with E-state index in [1.807, 2.05) is 91.0 Å². The molecular weight excluding hydrogens is 1930 g/mol. The van der Waals surface area contributed by atoms with E-state index in [4.69, 9.17) is 24.9 Å². The number of halogens is 13. The van der Waals surface area contributed by atoms with Gasteiger partial charge in [-0.05, 0) is 271 Å². The summed E-state index contributed by atoms with van der Waals surface area (Å²) in [7, 11) is 0.669. The molecule has 8 aromatic carbocycles. The summed E-state index contributed by atoms with van der Waals surface area (Å²) in [5.41, 5.74) is 12.2. The van der Waals surface area contributed by atoms with Crippen molar-refractivity contribution in [2.45, 2.75) is 146 Å². The van der Waals surface area contributed by atoms with Gasteiger partial charge < -0.3 is 34.8 Å². The molecule has 2 unspecified atom stereocenters. The third-order valence-corrected chi connectivity index (χ3v) is 23.8. The van der Waals surface area contributed by atoms with E-state index < -0.39 is 141 Å². The Balaban J connectivity index is 0.000000140. The number of pyridine rings is 4. The van der Waals surface area contributed by atoms with E-state index in [2.05, 4.69) is 81.1 Å². The summed E-state index contributed by atoms with van der Waals surface area (Å²) in [4.78, 5) is 88.7. The first-order valence-corrected chi connectivity index (χ1v) is 45.7. The molecule has 1 radical (unpaired) electrons. The first kappa shape index (κ1) is 102. The monoisotopic (exact) mass is 2010 g/mol. The zero-order valence-corrected chi connectivity index (χ0v) is 79.0. The Bertz CT molecular complexity index is 7420. The number of ether oxygens (including phenoxy) is 2. The highest BCUT2D eigenvalue weighted by Crippen LogP contribution is 2.68. The highest BCUT2D eigenvalue weighted by molar-refractivity contribution is 9.10. The van der Waals surface area contributed by atoms with Crippen molar-refractivity contribution in [2.24, 2.45) is 11.7 Å². The minimum absolute atomic E-state index is 0.00306. The molecule has 2 aliphatic rings. The van der Waals surface area contributed by atoms with Crippen molar-refractivity contribution in [1.29, 1.82) is 0 Å². The molecule has 1 amide bonds. The van der Waals surface area contributed by atoms with Crippen LogP contribution in [0.3, 0.4) is 0 Å². The lowest BCUT2D eigenvalue weighted by molar-refractivity contribution is -0.156. The molecule has 6 atom stereocenters. The molecule has 19 rings (SSSR count). The molecule has 1 saturated carbocycles. The highest BCUT2D eigenvalue weighted by atomic mass is 79.9. The summed E-state index contributed by atoms with van der Waals surface area (Å²) in [5.74, 6) is -12.4. The number of carbonyl (C=O) groups is 3. The number of aromatic nitrogens is 13. The van der Waals surface area contributed by atoms with Crippen LogP contribution in [0.2, 0.25) is 0 Å². The van der Waals surface area contributed by atoms with Crippen molar-refractivity contribution in [3.63, 3.8) is 0 Å². The fraction of sp³-hybridized carbons (Fsp3) is 0.224. The van der Waals surface area contributed by atoms with Gasteiger partial charge in [-0.25, -0.2) is 83.8 Å². The molecule has 0 spiro atoms. The number of esters is 2. The Labute approximate surface area is 821 Å². The largest absolute Gasteiger partial charge is 0.569 e. The predicted molar refractivity (Wildman–Crippen MR) is 517 cm³/mol. The molecule has 0 bridgehead atoms. The molecule has 17 aromatic rings. The SMILES string of the molecule is CC(C)(C)OC(=O)C[C@@H](Cc1cc(F)cc(F)c1)c1ncncc1-c1ccc2cnccc2c1.CC(C)(C)OC(=O)C[C@@H](Cc1cc(F)cc(F)c1)c1ncncc1Br.N[C@@H](Cc1cc(F)cc(F)c1)c1ncncc1-c1ccc2cnccc2c1.O=C(Cn1cc(C(F)F)c2c1C(F)(F)C1CC21)N[C@@H](Cc1cc(F)cc(F)c1)c1ncncc1-c1ccc2cnccc2c1.O[B]Oc1ccc2cnccc2c1. The average Bonchev–Trinajstić information content (AvgIpc) is 1.52. The molecular formula is C107H90BBrF12N15O7. The maximum Gasteiger partial charge on any atom is 0.569 e. The van der Waals surface area contributed by atoms with Crippen LogP contribution < -0.4 is 15.7 Å². The van der Waals surface area contributed by atoms with Crippen molar-refractivity contribution in [3.05, 3.63) is 389 Å². The fourth-order valence-electron chi connectivity index (χ4n) is 17.3. The smallest absolute Gasteiger partial charge is 0.537 e. The minimum atomic E-state index is -3.34. The molecule has 1 fully saturated rings. The van der Waals surface area contributed by atoms with Crippen LogP contribution in [0.5, 0.6) is 5.75 Å². The van der Waals surface area contributed by atoms with Crippen molar-refractivity contribution in [3.8, 4) is 39.1 Å². The highest BCUT2D eigenvalue weighted by Gasteiger charge is 2.66. The molecule has 36 heteroatoms.